The molecule has 1 aromatic carbocycles. The van der Waals surface area contributed by atoms with Gasteiger partial charge in [0.1, 0.15) is 0 Å². The number of rotatable bonds is 6. The molecule has 1 aliphatic heterocycles. The molecule has 1 heterocycles. The molecule has 1 aliphatic rings. The fraction of sp³-hybridized carbons (Fsp3) is 0.588. The summed E-state index contributed by atoms with van der Waals surface area (Å²) in [6.07, 6.45) is 2.31. The van der Waals surface area contributed by atoms with Crippen LogP contribution in [0.25, 0.3) is 0 Å². The number of hydrogen-bond acceptors (Lipinski definition) is 3. The summed E-state index contributed by atoms with van der Waals surface area (Å²) in [5.41, 5.74) is 2.19. The molecule has 4 nitrogen and oxygen atoms in total. The lowest BCUT2D eigenvalue weighted by atomic mass is 10.00. The molecule has 1 fully saturated rings. The fourth-order valence-corrected chi connectivity index (χ4v) is 2.69. The van der Waals surface area contributed by atoms with E-state index in [1.807, 2.05) is 12.1 Å². The first kappa shape index (κ1) is 16.0. The smallest absolute Gasteiger partial charge is 0.237 e. The third-order valence-electron chi connectivity index (χ3n) is 3.85. The molecule has 2 atom stereocenters. The minimum Gasteiger partial charge on any atom is -0.387 e. The Labute approximate surface area is 126 Å². The Morgan fingerprint density at radius 1 is 1.33 bits per heavy atom. The summed E-state index contributed by atoms with van der Waals surface area (Å²) in [6, 6.07) is 7.93. The third kappa shape index (κ3) is 4.83. The maximum atomic E-state index is 11.6. The highest BCUT2D eigenvalue weighted by Crippen LogP contribution is 2.16. The molecule has 1 saturated heterocycles. The molecule has 1 aromatic rings. The van der Waals surface area contributed by atoms with Crippen molar-refractivity contribution in [2.24, 2.45) is 5.92 Å². The van der Waals surface area contributed by atoms with E-state index in [-0.39, 0.29) is 11.9 Å². The van der Waals surface area contributed by atoms with E-state index >= 15 is 0 Å². The Morgan fingerprint density at radius 3 is 2.67 bits per heavy atom. The predicted octanol–water partition coefficient (Wildman–Crippen LogP) is 1.79. The van der Waals surface area contributed by atoms with Gasteiger partial charge in [0.15, 0.2) is 0 Å². The van der Waals surface area contributed by atoms with E-state index < -0.39 is 6.10 Å². The second kappa shape index (κ2) is 7.57. The number of piperidine rings is 1. The number of carbonyl (C=O) groups is 1. The third-order valence-corrected chi connectivity index (χ3v) is 3.85. The Hall–Kier alpha value is -1.39. The summed E-state index contributed by atoms with van der Waals surface area (Å²) >= 11 is 0. The fourth-order valence-electron chi connectivity index (χ4n) is 2.69. The van der Waals surface area contributed by atoms with Crippen molar-refractivity contribution >= 4 is 5.91 Å². The Morgan fingerprint density at radius 2 is 2.05 bits per heavy atom. The van der Waals surface area contributed by atoms with Gasteiger partial charge < -0.3 is 15.7 Å². The normalized spacial score (nSPS) is 20.4. The topological polar surface area (TPSA) is 61.4 Å². The first-order chi connectivity index (χ1) is 10.1. The predicted molar refractivity (Wildman–Crippen MR) is 84.0 cm³/mol. The molecule has 3 N–H and O–H groups in total. The first-order valence-electron chi connectivity index (χ1n) is 7.84. The van der Waals surface area contributed by atoms with E-state index in [0.29, 0.717) is 12.5 Å². The van der Waals surface area contributed by atoms with Crippen LogP contribution in [0.3, 0.4) is 0 Å². The number of carbonyl (C=O) groups excluding carboxylic acids is 1. The standard InChI is InChI=1S/C17H26N2O2/c1-12(2)10-13-5-7-14(8-6-13)16(20)11-19-15-4-3-9-18-17(15)21/h5-8,12,15-16,19-20H,3-4,9-11H2,1-2H3,(H,18,21). The molecule has 116 valence electrons. The van der Waals surface area contributed by atoms with Gasteiger partial charge in [-0.15, -0.1) is 0 Å². The Balaban J connectivity index is 1.85. The van der Waals surface area contributed by atoms with Gasteiger partial charge in [0, 0.05) is 13.1 Å². The van der Waals surface area contributed by atoms with Gasteiger partial charge in [0.2, 0.25) is 5.91 Å². The zero-order valence-electron chi connectivity index (χ0n) is 12.9. The van der Waals surface area contributed by atoms with Gasteiger partial charge in [-0.05, 0) is 36.3 Å². The molecule has 0 saturated carbocycles. The molecule has 0 aliphatic carbocycles. The van der Waals surface area contributed by atoms with Crippen LogP contribution >= 0.6 is 0 Å². The lowest BCUT2D eigenvalue weighted by Crippen LogP contribution is -2.49. The zero-order valence-corrected chi connectivity index (χ0v) is 12.9. The zero-order chi connectivity index (χ0) is 15.2. The molecular formula is C17H26N2O2. The number of aliphatic hydroxyl groups excluding tert-OH is 1. The molecule has 4 heteroatoms. The largest absolute Gasteiger partial charge is 0.387 e. The number of hydrogen-bond donors (Lipinski definition) is 3. The summed E-state index contributed by atoms with van der Waals surface area (Å²) in [6.45, 7) is 5.56. The second-order valence-electron chi connectivity index (χ2n) is 6.25. The number of aliphatic hydroxyl groups is 1. The molecule has 0 bridgehead atoms. The number of amides is 1. The van der Waals surface area contributed by atoms with Crippen molar-refractivity contribution in [1.29, 1.82) is 0 Å². The van der Waals surface area contributed by atoms with Crippen LogP contribution in [-0.4, -0.2) is 30.1 Å². The van der Waals surface area contributed by atoms with E-state index in [4.69, 9.17) is 0 Å². The van der Waals surface area contributed by atoms with E-state index in [1.165, 1.54) is 5.56 Å². The first-order valence-corrected chi connectivity index (χ1v) is 7.84. The second-order valence-corrected chi connectivity index (χ2v) is 6.25. The van der Waals surface area contributed by atoms with Crippen LogP contribution in [0.5, 0.6) is 0 Å². The molecule has 1 amide bonds. The van der Waals surface area contributed by atoms with Gasteiger partial charge >= 0.3 is 0 Å². The Bertz CT molecular complexity index is 456. The van der Waals surface area contributed by atoms with Gasteiger partial charge in [-0.25, -0.2) is 0 Å². The van der Waals surface area contributed by atoms with E-state index in [1.54, 1.807) is 0 Å². The van der Waals surface area contributed by atoms with Crippen LogP contribution in [0, 0.1) is 5.92 Å². The van der Waals surface area contributed by atoms with Crippen molar-refractivity contribution in [3.63, 3.8) is 0 Å². The van der Waals surface area contributed by atoms with Gasteiger partial charge in [-0.2, -0.15) is 0 Å². The van der Waals surface area contributed by atoms with Crippen molar-refractivity contribution in [1.82, 2.24) is 10.6 Å². The molecule has 0 spiro atoms. The maximum Gasteiger partial charge on any atom is 0.237 e. The molecule has 2 unspecified atom stereocenters. The highest BCUT2D eigenvalue weighted by molar-refractivity contribution is 5.82. The monoisotopic (exact) mass is 290 g/mol. The number of benzene rings is 1. The van der Waals surface area contributed by atoms with Gasteiger partial charge in [0.25, 0.3) is 0 Å². The molecule has 2 rings (SSSR count). The quantitative estimate of drug-likeness (QED) is 0.748. The number of nitrogens with one attached hydrogen (secondary N) is 2. The van der Waals surface area contributed by atoms with Crippen LogP contribution in [0.15, 0.2) is 24.3 Å². The minimum absolute atomic E-state index is 0.0423. The van der Waals surface area contributed by atoms with Gasteiger partial charge in [-0.3, -0.25) is 4.79 Å². The molecule has 0 aromatic heterocycles. The van der Waals surface area contributed by atoms with E-state index in [9.17, 15) is 9.90 Å². The van der Waals surface area contributed by atoms with E-state index in [2.05, 4.69) is 36.6 Å². The van der Waals surface area contributed by atoms with Crippen LogP contribution in [-0.2, 0) is 11.2 Å². The average molecular weight is 290 g/mol. The molecular weight excluding hydrogens is 264 g/mol. The van der Waals surface area contributed by atoms with Gasteiger partial charge in [-0.1, -0.05) is 38.1 Å². The van der Waals surface area contributed by atoms with E-state index in [0.717, 1.165) is 31.4 Å². The summed E-state index contributed by atoms with van der Waals surface area (Å²) in [5.74, 6) is 0.674. The van der Waals surface area contributed by atoms with Crippen molar-refractivity contribution in [2.75, 3.05) is 13.1 Å². The van der Waals surface area contributed by atoms with Crippen molar-refractivity contribution in [2.45, 2.75) is 45.3 Å². The highest BCUT2D eigenvalue weighted by atomic mass is 16.3. The summed E-state index contributed by atoms with van der Waals surface area (Å²) in [7, 11) is 0. The summed E-state index contributed by atoms with van der Waals surface area (Å²) in [4.78, 5) is 11.6. The average Bonchev–Trinajstić information content (AvgIpc) is 2.46. The Kier molecular flexibility index (Phi) is 5.76. The maximum absolute atomic E-state index is 11.6. The van der Waals surface area contributed by atoms with Crippen molar-refractivity contribution < 1.29 is 9.90 Å². The summed E-state index contributed by atoms with van der Waals surface area (Å²) in [5, 5.41) is 16.2. The van der Waals surface area contributed by atoms with Crippen LogP contribution < -0.4 is 10.6 Å². The van der Waals surface area contributed by atoms with Crippen LogP contribution in [0.2, 0.25) is 0 Å². The van der Waals surface area contributed by atoms with Gasteiger partial charge in [0.05, 0.1) is 12.1 Å². The highest BCUT2D eigenvalue weighted by Gasteiger charge is 2.22. The lowest BCUT2D eigenvalue weighted by molar-refractivity contribution is -0.124. The van der Waals surface area contributed by atoms with Crippen molar-refractivity contribution in [3.05, 3.63) is 35.4 Å². The molecule has 0 radical (unpaired) electrons. The SMILES string of the molecule is CC(C)Cc1ccc(C(O)CNC2CCCNC2=O)cc1. The van der Waals surface area contributed by atoms with Crippen molar-refractivity contribution in [3.8, 4) is 0 Å². The lowest BCUT2D eigenvalue weighted by Gasteiger charge is -2.24. The molecule has 21 heavy (non-hydrogen) atoms. The minimum atomic E-state index is -0.576. The van der Waals surface area contributed by atoms with Crippen LogP contribution in [0.4, 0.5) is 0 Å². The van der Waals surface area contributed by atoms with Crippen LogP contribution in [0.1, 0.15) is 43.9 Å². The summed E-state index contributed by atoms with van der Waals surface area (Å²) < 4.78 is 0.